The van der Waals surface area contributed by atoms with Crippen LogP contribution in [0.2, 0.25) is 5.02 Å². The highest BCUT2D eigenvalue weighted by molar-refractivity contribution is 6.31. The van der Waals surface area contributed by atoms with Crippen LogP contribution < -0.4 is 15.4 Å². The van der Waals surface area contributed by atoms with E-state index in [0.717, 1.165) is 0 Å². The number of anilines is 3. The highest BCUT2D eigenvalue weighted by atomic mass is 35.5. The number of piperidine rings is 1. The quantitative estimate of drug-likeness (QED) is 0.448. The Morgan fingerprint density at radius 3 is 2.76 bits per heavy atom. The van der Waals surface area contributed by atoms with Gasteiger partial charge >= 0.3 is 0 Å². The molecule has 7 nitrogen and oxygen atoms in total. The number of halogens is 2. The lowest BCUT2D eigenvalue weighted by Gasteiger charge is -2.51. The van der Waals surface area contributed by atoms with E-state index in [9.17, 15) is 9.18 Å². The Hall–Kier alpha value is -2.97. The number of hydrogen-bond acceptors (Lipinski definition) is 6. The van der Waals surface area contributed by atoms with Crippen molar-refractivity contribution in [2.45, 2.75) is 25.7 Å². The van der Waals surface area contributed by atoms with Crippen LogP contribution in [0.4, 0.5) is 21.6 Å². The summed E-state index contributed by atoms with van der Waals surface area (Å²) < 4.78 is 19.7. The van der Waals surface area contributed by atoms with Crippen LogP contribution in [0, 0.1) is 17.2 Å². The third-order valence-electron chi connectivity index (χ3n) is 7.10. The van der Waals surface area contributed by atoms with Gasteiger partial charge < -0.3 is 20.3 Å². The number of aromatic nitrogens is 2. The molecule has 1 saturated carbocycles. The van der Waals surface area contributed by atoms with Crippen LogP contribution in [-0.2, 0) is 4.79 Å². The fraction of sp³-hybridized carbons (Fsp3) is 0.400. The maximum Gasteiger partial charge on any atom is 0.211 e. The van der Waals surface area contributed by atoms with Gasteiger partial charge in [-0.3, -0.25) is 4.79 Å². The van der Waals surface area contributed by atoms with E-state index in [0.29, 0.717) is 58.2 Å². The molecule has 1 saturated heterocycles. The lowest BCUT2D eigenvalue weighted by Crippen LogP contribution is -2.47. The van der Waals surface area contributed by atoms with E-state index in [2.05, 4.69) is 32.5 Å². The zero-order valence-corrected chi connectivity index (χ0v) is 19.7. The van der Waals surface area contributed by atoms with Crippen molar-refractivity contribution in [2.24, 2.45) is 11.3 Å². The number of fused-ring (bicyclic) bond motifs is 1. The lowest BCUT2D eigenvalue weighted by atomic mass is 9.58. The van der Waals surface area contributed by atoms with Gasteiger partial charge in [0.15, 0.2) is 0 Å². The minimum absolute atomic E-state index is 0.0142. The number of nitrogens with one attached hydrogen (secondary N) is 2. The Labute approximate surface area is 202 Å². The highest BCUT2D eigenvalue weighted by Crippen LogP contribution is 2.52. The molecule has 2 fully saturated rings. The average molecular weight is 484 g/mol. The summed E-state index contributed by atoms with van der Waals surface area (Å²) in [7, 11) is 2.19. The molecule has 2 aromatic carbocycles. The van der Waals surface area contributed by atoms with Crippen molar-refractivity contribution < 1.29 is 13.9 Å². The molecule has 2 aliphatic rings. The fourth-order valence-electron chi connectivity index (χ4n) is 5.18. The number of likely N-dealkylation sites (tertiary alicyclic amines) is 1. The first kappa shape index (κ1) is 22.8. The maximum absolute atomic E-state index is 13.5. The third kappa shape index (κ3) is 4.65. The normalized spacial score (nSPS) is 18.0. The smallest absolute Gasteiger partial charge is 0.211 e. The molecule has 178 valence electrons. The predicted molar refractivity (Wildman–Crippen MR) is 131 cm³/mol. The van der Waals surface area contributed by atoms with Gasteiger partial charge in [-0.25, -0.2) is 14.4 Å². The first-order valence-corrected chi connectivity index (χ1v) is 11.8. The standard InChI is InChI=1S/C25H27ClFN5O2/c1-32-6-4-25(5-7-32)11-16(12-25)13-34-23-10-21-18(9-22(23)30-15-33)24(29-14-28-21)31-17-2-3-20(27)19(26)8-17/h2-3,8-10,14-16H,4-7,11-13H2,1H3,(H,30,33)(H,28,29,31). The molecule has 34 heavy (non-hydrogen) atoms. The van der Waals surface area contributed by atoms with Gasteiger partial charge in [0.1, 0.15) is 23.7 Å². The first-order chi connectivity index (χ1) is 16.4. The average Bonchev–Trinajstić information content (AvgIpc) is 2.80. The molecular formula is C25H27ClFN5O2. The van der Waals surface area contributed by atoms with Crippen LogP contribution in [0.25, 0.3) is 10.9 Å². The molecule has 1 spiro atoms. The zero-order chi connectivity index (χ0) is 23.7. The van der Waals surface area contributed by atoms with Gasteiger partial charge in [0.2, 0.25) is 6.41 Å². The summed E-state index contributed by atoms with van der Waals surface area (Å²) in [6.45, 7) is 2.96. The minimum Gasteiger partial charge on any atom is -0.491 e. The molecule has 0 atom stereocenters. The van der Waals surface area contributed by atoms with Gasteiger partial charge in [-0.05, 0) is 81.4 Å². The molecule has 2 heterocycles. The van der Waals surface area contributed by atoms with E-state index >= 15 is 0 Å². The minimum atomic E-state index is -0.493. The Morgan fingerprint density at radius 1 is 1.24 bits per heavy atom. The molecule has 0 radical (unpaired) electrons. The zero-order valence-electron chi connectivity index (χ0n) is 19.0. The molecule has 3 aromatic rings. The summed E-state index contributed by atoms with van der Waals surface area (Å²) in [5, 5.41) is 6.58. The highest BCUT2D eigenvalue weighted by Gasteiger charge is 2.45. The van der Waals surface area contributed by atoms with Gasteiger partial charge in [0.25, 0.3) is 0 Å². The number of nitrogens with zero attached hydrogens (tertiary/aromatic N) is 3. The first-order valence-electron chi connectivity index (χ1n) is 11.5. The molecule has 0 unspecified atom stereocenters. The summed E-state index contributed by atoms with van der Waals surface area (Å²) >= 11 is 5.90. The summed E-state index contributed by atoms with van der Waals surface area (Å²) in [5.41, 5.74) is 2.29. The third-order valence-corrected chi connectivity index (χ3v) is 7.39. The maximum atomic E-state index is 13.5. The SMILES string of the molecule is CN1CCC2(CC1)CC(COc1cc3ncnc(Nc4ccc(F)c(Cl)c4)c3cc1NC=O)C2. The van der Waals surface area contributed by atoms with Crippen molar-refractivity contribution in [2.75, 3.05) is 37.4 Å². The number of carbonyl (C=O) groups excluding carboxylic acids is 1. The Kier molecular flexibility index (Phi) is 6.27. The Morgan fingerprint density at radius 2 is 2.03 bits per heavy atom. The molecule has 1 aliphatic carbocycles. The van der Waals surface area contributed by atoms with E-state index in [1.165, 1.54) is 57.2 Å². The topological polar surface area (TPSA) is 79.4 Å². The van der Waals surface area contributed by atoms with E-state index in [4.69, 9.17) is 16.3 Å². The van der Waals surface area contributed by atoms with Crippen molar-refractivity contribution in [3.05, 3.63) is 47.5 Å². The van der Waals surface area contributed by atoms with Crippen LogP contribution in [0.1, 0.15) is 25.7 Å². The Bertz CT molecular complexity index is 1210. The summed E-state index contributed by atoms with van der Waals surface area (Å²) in [6.07, 6.45) is 6.99. The second-order valence-corrected chi connectivity index (χ2v) is 9.90. The van der Waals surface area contributed by atoms with Gasteiger partial charge in [0.05, 0.1) is 22.8 Å². The van der Waals surface area contributed by atoms with Gasteiger partial charge in [0, 0.05) is 17.1 Å². The number of ether oxygens (including phenoxy) is 1. The van der Waals surface area contributed by atoms with E-state index in [1.54, 1.807) is 12.1 Å². The van der Waals surface area contributed by atoms with Crippen LogP contribution in [0.3, 0.4) is 0 Å². The largest absolute Gasteiger partial charge is 0.491 e. The number of rotatable bonds is 7. The molecule has 1 aliphatic heterocycles. The number of carbonyl (C=O) groups is 1. The number of amides is 1. The van der Waals surface area contributed by atoms with Crippen molar-refractivity contribution in [3.8, 4) is 5.75 Å². The number of benzene rings is 2. The second-order valence-electron chi connectivity index (χ2n) is 9.49. The summed E-state index contributed by atoms with van der Waals surface area (Å²) in [6, 6.07) is 7.95. The van der Waals surface area contributed by atoms with Crippen molar-refractivity contribution in [3.63, 3.8) is 0 Å². The monoisotopic (exact) mass is 483 g/mol. The van der Waals surface area contributed by atoms with E-state index in [1.807, 2.05) is 6.07 Å². The summed E-state index contributed by atoms with van der Waals surface area (Å²) in [4.78, 5) is 22.4. The fourth-order valence-corrected chi connectivity index (χ4v) is 5.36. The van der Waals surface area contributed by atoms with Gasteiger partial charge in [-0.2, -0.15) is 0 Å². The van der Waals surface area contributed by atoms with E-state index < -0.39 is 5.82 Å². The lowest BCUT2D eigenvalue weighted by molar-refractivity contribution is -0.105. The van der Waals surface area contributed by atoms with Crippen LogP contribution in [0.5, 0.6) is 5.75 Å². The number of hydrogen-bond donors (Lipinski definition) is 2. The molecule has 2 N–H and O–H groups in total. The van der Waals surface area contributed by atoms with Crippen LogP contribution in [0.15, 0.2) is 36.7 Å². The molecule has 9 heteroatoms. The van der Waals surface area contributed by atoms with Crippen molar-refractivity contribution in [1.29, 1.82) is 0 Å². The molecule has 1 aromatic heterocycles. The van der Waals surface area contributed by atoms with Gasteiger partial charge in [-0.15, -0.1) is 0 Å². The van der Waals surface area contributed by atoms with Crippen molar-refractivity contribution >= 4 is 46.1 Å². The van der Waals surface area contributed by atoms with Gasteiger partial charge in [-0.1, -0.05) is 11.6 Å². The molecular weight excluding hydrogens is 457 g/mol. The van der Waals surface area contributed by atoms with Crippen LogP contribution in [-0.4, -0.2) is 48.0 Å². The van der Waals surface area contributed by atoms with Crippen LogP contribution >= 0.6 is 11.6 Å². The molecule has 5 rings (SSSR count). The molecule has 1 amide bonds. The second kappa shape index (κ2) is 9.35. The van der Waals surface area contributed by atoms with E-state index in [-0.39, 0.29) is 5.02 Å². The Balaban J connectivity index is 1.33. The summed E-state index contributed by atoms with van der Waals surface area (Å²) in [5.74, 6) is 1.12. The van der Waals surface area contributed by atoms with Crippen molar-refractivity contribution in [1.82, 2.24) is 14.9 Å². The molecule has 0 bridgehead atoms. The predicted octanol–water partition coefficient (Wildman–Crippen LogP) is 5.24.